The molecule has 7 nitrogen and oxygen atoms in total. The van der Waals surface area contributed by atoms with E-state index in [0.717, 1.165) is 22.9 Å². The van der Waals surface area contributed by atoms with Crippen LogP contribution in [0.25, 0.3) is 23.3 Å². The molecule has 36 heavy (non-hydrogen) atoms. The molecule has 0 spiro atoms. The summed E-state index contributed by atoms with van der Waals surface area (Å²) in [5.74, 6) is 0.690. The first kappa shape index (κ1) is 27.2. The molecule has 0 aliphatic rings. The molecule has 3 rings (SSSR count). The predicted octanol–water partition coefficient (Wildman–Crippen LogP) is 5.12. The summed E-state index contributed by atoms with van der Waals surface area (Å²) in [6.07, 6.45) is 6.40. The summed E-state index contributed by atoms with van der Waals surface area (Å²) < 4.78 is 31.6. The van der Waals surface area contributed by atoms with Crippen molar-refractivity contribution in [3.63, 3.8) is 0 Å². The molecule has 0 unspecified atom stereocenters. The van der Waals surface area contributed by atoms with E-state index in [4.69, 9.17) is 4.74 Å². The number of H-pyrrole nitrogens is 1. The van der Waals surface area contributed by atoms with Crippen molar-refractivity contribution in [2.75, 3.05) is 18.1 Å². The molecule has 0 aliphatic carbocycles. The lowest BCUT2D eigenvalue weighted by molar-refractivity contribution is 0.0784. The van der Waals surface area contributed by atoms with Crippen LogP contribution < -0.4 is 15.0 Å². The first-order chi connectivity index (χ1) is 16.6. The van der Waals surface area contributed by atoms with Gasteiger partial charge in [-0.3, -0.25) is 9.52 Å². The lowest BCUT2D eigenvalue weighted by Gasteiger charge is -2.25. The third kappa shape index (κ3) is 6.44. The van der Waals surface area contributed by atoms with Gasteiger partial charge in [-0.25, -0.2) is 8.42 Å². The lowest BCUT2D eigenvalue weighted by Crippen LogP contribution is -2.18. The Balaban J connectivity index is 2.21. The van der Waals surface area contributed by atoms with Gasteiger partial charge in [-0.1, -0.05) is 39.0 Å². The third-order valence-electron chi connectivity index (χ3n) is 5.72. The standard InChI is InChI=1S/C28H34N2O5S/c1-27(2,3)24-16-20(22-9-8-14-29-26(22)31)15-19(25(24)35-6)11-10-18-12-13-21(30-36(7,33)34)17-23(18)28(4,5)32/h8-17,30,32H,1-7H3,(H,29,31)/b11-10+. The van der Waals surface area contributed by atoms with Gasteiger partial charge in [0.15, 0.2) is 0 Å². The minimum Gasteiger partial charge on any atom is -0.496 e. The van der Waals surface area contributed by atoms with Crippen molar-refractivity contribution in [3.05, 3.63) is 81.3 Å². The zero-order valence-electron chi connectivity index (χ0n) is 21.8. The summed E-state index contributed by atoms with van der Waals surface area (Å²) in [4.78, 5) is 15.3. The monoisotopic (exact) mass is 510 g/mol. The van der Waals surface area contributed by atoms with Crippen LogP contribution in [0.5, 0.6) is 5.75 Å². The molecule has 0 radical (unpaired) electrons. The molecule has 3 N–H and O–H groups in total. The molecule has 0 bridgehead atoms. The molecule has 192 valence electrons. The summed E-state index contributed by atoms with van der Waals surface area (Å²) in [7, 11) is -1.85. The molecule has 1 aromatic heterocycles. The van der Waals surface area contributed by atoms with Crippen molar-refractivity contribution in [1.82, 2.24) is 4.98 Å². The molecule has 0 saturated heterocycles. The zero-order chi connectivity index (χ0) is 26.9. The second-order valence-electron chi connectivity index (χ2n) is 10.4. The SMILES string of the molecule is COc1c(/C=C/c2ccc(NS(C)(=O)=O)cc2C(C)(C)O)cc(-c2ccc[nH]c2=O)cc1C(C)(C)C. The van der Waals surface area contributed by atoms with Gasteiger partial charge in [0.1, 0.15) is 5.75 Å². The highest BCUT2D eigenvalue weighted by Crippen LogP contribution is 2.39. The number of ether oxygens (including phenoxy) is 1. The van der Waals surface area contributed by atoms with E-state index in [1.165, 1.54) is 0 Å². The van der Waals surface area contributed by atoms with Crippen LogP contribution in [0.1, 0.15) is 56.9 Å². The Hall–Kier alpha value is -3.36. The quantitative estimate of drug-likeness (QED) is 0.383. The number of methoxy groups -OCH3 is 1. The Morgan fingerprint density at radius 1 is 0.972 bits per heavy atom. The largest absolute Gasteiger partial charge is 0.496 e. The van der Waals surface area contributed by atoms with Gasteiger partial charge in [0.25, 0.3) is 5.56 Å². The lowest BCUT2D eigenvalue weighted by atomic mass is 9.83. The molecule has 2 aromatic carbocycles. The summed E-state index contributed by atoms with van der Waals surface area (Å²) in [5, 5.41) is 10.8. The highest BCUT2D eigenvalue weighted by Gasteiger charge is 2.24. The number of aliphatic hydroxyl groups is 1. The van der Waals surface area contributed by atoms with Gasteiger partial charge in [0, 0.05) is 28.6 Å². The second-order valence-corrected chi connectivity index (χ2v) is 12.1. The number of benzene rings is 2. The van der Waals surface area contributed by atoms with Crippen molar-refractivity contribution < 1.29 is 18.3 Å². The molecular weight excluding hydrogens is 476 g/mol. The van der Waals surface area contributed by atoms with Gasteiger partial charge in [-0.2, -0.15) is 0 Å². The van der Waals surface area contributed by atoms with Crippen LogP contribution in [0.2, 0.25) is 0 Å². The third-order valence-corrected chi connectivity index (χ3v) is 6.32. The summed E-state index contributed by atoms with van der Waals surface area (Å²) in [5.41, 5.74) is 2.98. The van der Waals surface area contributed by atoms with Gasteiger partial charge in [0.2, 0.25) is 10.0 Å². The van der Waals surface area contributed by atoms with E-state index in [0.29, 0.717) is 28.1 Å². The molecule has 0 fully saturated rings. The van der Waals surface area contributed by atoms with Crippen LogP contribution in [0.15, 0.2) is 53.5 Å². The van der Waals surface area contributed by atoms with Crippen LogP contribution in [-0.4, -0.2) is 31.9 Å². The predicted molar refractivity (Wildman–Crippen MR) is 147 cm³/mol. The van der Waals surface area contributed by atoms with E-state index in [-0.39, 0.29) is 11.0 Å². The maximum absolute atomic E-state index is 12.5. The van der Waals surface area contributed by atoms with E-state index >= 15 is 0 Å². The molecule has 3 aromatic rings. The van der Waals surface area contributed by atoms with Crippen molar-refractivity contribution in [2.24, 2.45) is 0 Å². The average Bonchev–Trinajstić information content (AvgIpc) is 2.75. The summed E-state index contributed by atoms with van der Waals surface area (Å²) in [6.45, 7) is 9.53. The van der Waals surface area contributed by atoms with E-state index in [9.17, 15) is 18.3 Å². The van der Waals surface area contributed by atoms with Crippen LogP contribution >= 0.6 is 0 Å². The second kappa shape index (κ2) is 9.95. The molecule has 0 atom stereocenters. The maximum atomic E-state index is 12.5. The first-order valence-electron chi connectivity index (χ1n) is 11.5. The molecule has 0 saturated carbocycles. The summed E-state index contributed by atoms with van der Waals surface area (Å²) >= 11 is 0. The van der Waals surface area contributed by atoms with Crippen LogP contribution in [0, 0.1) is 0 Å². The molecule has 8 heteroatoms. The molecule has 0 aliphatic heterocycles. The Morgan fingerprint density at radius 2 is 1.64 bits per heavy atom. The van der Waals surface area contributed by atoms with Crippen LogP contribution in [0.4, 0.5) is 5.69 Å². The van der Waals surface area contributed by atoms with Gasteiger partial charge in [0.05, 0.1) is 19.0 Å². The van der Waals surface area contributed by atoms with E-state index < -0.39 is 15.6 Å². The number of pyridine rings is 1. The fourth-order valence-electron chi connectivity index (χ4n) is 4.05. The Kier molecular flexibility index (Phi) is 7.53. The topological polar surface area (TPSA) is 108 Å². The van der Waals surface area contributed by atoms with Gasteiger partial charge in [-0.15, -0.1) is 0 Å². The number of aromatic nitrogens is 1. The summed E-state index contributed by atoms with van der Waals surface area (Å²) in [6, 6.07) is 12.5. The van der Waals surface area contributed by atoms with Gasteiger partial charge in [-0.05, 0) is 72.4 Å². The average molecular weight is 511 g/mol. The molecular formula is C28H34N2O5S. The number of nitrogens with one attached hydrogen (secondary N) is 2. The van der Waals surface area contributed by atoms with Crippen molar-refractivity contribution in [2.45, 2.75) is 45.6 Å². The number of hydrogen-bond donors (Lipinski definition) is 3. The fraction of sp³-hybridized carbons (Fsp3) is 0.321. The highest BCUT2D eigenvalue weighted by atomic mass is 32.2. The van der Waals surface area contributed by atoms with E-state index in [2.05, 4.69) is 30.5 Å². The number of anilines is 1. The fourth-order valence-corrected chi connectivity index (χ4v) is 4.61. The van der Waals surface area contributed by atoms with E-state index in [1.54, 1.807) is 57.5 Å². The van der Waals surface area contributed by atoms with Crippen molar-refractivity contribution >= 4 is 27.9 Å². The first-order valence-corrected chi connectivity index (χ1v) is 13.4. The number of rotatable bonds is 7. The molecule has 0 amide bonds. The highest BCUT2D eigenvalue weighted by molar-refractivity contribution is 7.92. The zero-order valence-corrected chi connectivity index (χ0v) is 22.6. The Bertz CT molecular complexity index is 1460. The van der Waals surface area contributed by atoms with E-state index in [1.807, 2.05) is 24.3 Å². The number of aromatic amines is 1. The van der Waals surface area contributed by atoms with Crippen molar-refractivity contribution in [3.8, 4) is 16.9 Å². The van der Waals surface area contributed by atoms with Crippen LogP contribution in [0.3, 0.4) is 0 Å². The van der Waals surface area contributed by atoms with Crippen LogP contribution in [-0.2, 0) is 21.0 Å². The Morgan fingerprint density at radius 3 is 2.19 bits per heavy atom. The maximum Gasteiger partial charge on any atom is 0.255 e. The number of hydrogen-bond acceptors (Lipinski definition) is 5. The van der Waals surface area contributed by atoms with Gasteiger partial charge < -0.3 is 14.8 Å². The Labute approximate surface area is 212 Å². The molecule has 1 heterocycles. The minimum atomic E-state index is -3.46. The van der Waals surface area contributed by atoms with Crippen molar-refractivity contribution in [1.29, 1.82) is 0 Å². The smallest absolute Gasteiger partial charge is 0.255 e. The number of sulfonamides is 1. The normalized spacial score (nSPS) is 12.7. The van der Waals surface area contributed by atoms with Gasteiger partial charge >= 0.3 is 0 Å². The minimum absolute atomic E-state index is 0.185.